The second-order valence-electron chi connectivity index (χ2n) is 2.79. The van der Waals surface area contributed by atoms with Gasteiger partial charge in [-0.1, -0.05) is 0 Å². The molecule has 0 bridgehead atoms. The minimum absolute atomic E-state index is 0.0360. The van der Waals surface area contributed by atoms with E-state index in [4.69, 9.17) is 4.55 Å². The van der Waals surface area contributed by atoms with Crippen molar-refractivity contribution in [1.29, 1.82) is 0 Å². The molecule has 0 amide bonds. The predicted molar refractivity (Wildman–Crippen MR) is 47.6 cm³/mol. The fourth-order valence-corrected chi connectivity index (χ4v) is 0.966. The highest BCUT2D eigenvalue weighted by Gasteiger charge is 2.45. The van der Waals surface area contributed by atoms with Crippen molar-refractivity contribution in [3.63, 3.8) is 0 Å². The molecule has 0 aliphatic rings. The van der Waals surface area contributed by atoms with Gasteiger partial charge in [-0.25, -0.2) is 4.79 Å². The lowest BCUT2D eigenvalue weighted by Crippen LogP contribution is -2.34. The highest BCUT2D eigenvalue weighted by atomic mass is 32.2. The predicted octanol–water partition coefficient (Wildman–Crippen LogP) is 0.652. The van der Waals surface area contributed by atoms with E-state index in [2.05, 4.69) is 9.72 Å². The van der Waals surface area contributed by atoms with Crippen LogP contribution in [0.3, 0.4) is 0 Å². The van der Waals surface area contributed by atoms with Gasteiger partial charge in [0.25, 0.3) is 0 Å². The molecule has 0 atom stereocenters. The Balaban J connectivity index is 2.63. The third kappa shape index (κ3) is 2.76. The number of aromatic amines is 1. The van der Waals surface area contributed by atoms with Crippen molar-refractivity contribution in [2.75, 3.05) is 6.61 Å². The van der Waals surface area contributed by atoms with Crippen molar-refractivity contribution in [2.45, 2.75) is 5.25 Å². The molecule has 9 heteroatoms. The standard InChI is InChI=1S/C7H7F2NO5S/c8-7(9,16(12,13)14)4-15-6(11)5-1-2-10-3-5/h1-3,10H,4H2,(H,12,13,14). The van der Waals surface area contributed by atoms with Crippen LogP contribution in [0.2, 0.25) is 0 Å². The van der Waals surface area contributed by atoms with Gasteiger partial charge >= 0.3 is 21.3 Å². The molecule has 0 aliphatic carbocycles. The molecular weight excluding hydrogens is 248 g/mol. The number of aromatic nitrogens is 1. The Bertz CT molecular complexity index is 467. The molecule has 0 fully saturated rings. The Morgan fingerprint density at radius 1 is 1.56 bits per heavy atom. The van der Waals surface area contributed by atoms with Gasteiger partial charge in [-0.05, 0) is 6.07 Å². The Kier molecular flexibility index (Phi) is 3.29. The number of nitrogens with one attached hydrogen (secondary N) is 1. The smallest absolute Gasteiger partial charge is 0.402 e. The summed E-state index contributed by atoms with van der Waals surface area (Å²) in [6.45, 7) is -1.74. The van der Waals surface area contributed by atoms with Gasteiger partial charge in [0.15, 0.2) is 6.61 Å². The second-order valence-corrected chi connectivity index (χ2v) is 4.34. The van der Waals surface area contributed by atoms with Gasteiger partial charge in [-0.3, -0.25) is 4.55 Å². The average Bonchev–Trinajstić information content (AvgIpc) is 2.65. The first-order valence-corrected chi connectivity index (χ1v) is 5.33. The molecule has 0 radical (unpaired) electrons. The number of esters is 1. The molecule has 1 heterocycles. The van der Waals surface area contributed by atoms with E-state index < -0.39 is 27.9 Å². The van der Waals surface area contributed by atoms with Gasteiger partial charge < -0.3 is 9.72 Å². The van der Waals surface area contributed by atoms with Crippen LogP contribution >= 0.6 is 0 Å². The minimum Gasteiger partial charge on any atom is -0.454 e. The van der Waals surface area contributed by atoms with Crippen LogP contribution in [0.1, 0.15) is 10.4 Å². The number of rotatable bonds is 4. The van der Waals surface area contributed by atoms with Crippen molar-refractivity contribution in [2.24, 2.45) is 0 Å². The maximum absolute atomic E-state index is 12.6. The fourth-order valence-electron chi connectivity index (χ4n) is 0.758. The summed E-state index contributed by atoms with van der Waals surface area (Å²) in [4.78, 5) is 13.5. The minimum atomic E-state index is -5.59. The van der Waals surface area contributed by atoms with Crippen LogP contribution in [0.5, 0.6) is 0 Å². The highest BCUT2D eigenvalue weighted by Crippen LogP contribution is 2.21. The van der Waals surface area contributed by atoms with E-state index in [9.17, 15) is 22.0 Å². The number of alkyl halides is 2. The summed E-state index contributed by atoms with van der Waals surface area (Å²) in [5.41, 5.74) is -0.0360. The van der Waals surface area contributed by atoms with E-state index in [0.717, 1.165) is 0 Å². The lowest BCUT2D eigenvalue weighted by molar-refractivity contribution is -0.00949. The number of hydrogen-bond acceptors (Lipinski definition) is 4. The van der Waals surface area contributed by atoms with Crippen LogP contribution in [-0.2, 0) is 14.9 Å². The molecule has 1 rings (SSSR count). The summed E-state index contributed by atoms with van der Waals surface area (Å²) in [7, 11) is -5.59. The Morgan fingerprint density at radius 3 is 2.62 bits per heavy atom. The number of carbonyl (C=O) groups is 1. The Labute approximate surface area is 89.0 Å². The molecule has 0 spiro atoms. The summed E-state index contributed by atoms with van der Waals surface area (Å²) >= 11 is 0. The van der Waals surface area contributed by atoms with Crippen molar-refractivity contribution in [3.8, 4) is 0 Å². The Morgan fingerprint density at radius 2 is 2.19 bits per heavy atom. The fraction of sp³-hybridized carbons (Fsp3) is 0.286. The molecule has 0 unspecified atom stereocenters. The molecular formula is C7H7F2NO5S. The summed E-state index contributed by atoms with van der Waals surface area (Å²) in [5, 5.41) is -4.51. The molecule has 1 aromatic rings. The van der Waals surface area contributed by atoms with Crippen LogP contribution in [0.15, 0.2) is 18.5 Å². The molecule has 0 aromatic carbocycles. The third-order valence-electron chi connectivity index (χ3n) is 1.58. The molecule has 0 aliphatic heterocycles. The van der Waals surface area contributed by atoms with Gasteiger partial charge in [0.1, 0.15) is 0 Å². The Hall–Kier alpha value is -1.48. The molecule has 16 heavy (non-hydrogen) atoms. The quantitative estimate of drug-likeness (QED) is 0.608. The normalized spacial score (nSPS) is 12.4. The van der Waals surface area contributed by atoms with Crippen molar-refractivity contribution < 1.29 is 31.3 Å². The van der Waals surface area contributed by atoms with Crippen LogP contribution in [-0.4, -0.2) is 35.8 Å². The summed E-state index contributed by atoms with van der Waals surface area (Å²) in [5.74, 6) is -1.12. The SMILES string of the molecule is O=C(OCC(F)(F)S(=O)(=O)O)c1cc[nH]c1. The summed E-state index contributed by atoms with van der Waals surface area (Å²) in [6.07, 6.45) is 2.55. The van der Waals surface area contributed by atoms with E-state index in [1.165, 1.54) is 18.5 Å². The monoisotopic (exact) mass is 255 g/mol. The lowest BCUT2D eigenvalue weighted by atomic mass is 10.3. The van der Waals surface area contributed by atoms with E-state index in [0.29, 0.717) is 0 Å². The maximum Gasteiger partial charge on any atom is 0.402 e. The molecule has 0 saturated carbocycles. The lowest BCUT2D eigenvalue weighted by Gasteiger charge is -2.12. The largest absolute Gasteiger partial charge is 0.454 e. The zero-order valence-electron chi connectivity index (χ0n) is 7.68. The van der Waals surface area contributed by atoms with Crippen LogP contribution < -0.4 is 0 Å². The van der Waals surface area contributed by atoms with E-state index in [1.54, 1.807) is 0 Å². The van der Waals surface area contributed by atoms with Crippen molar-refractivity contribution in [1.82, 2.24) is 4.98 Å². The van der Waals surface area contributed by atoms with Gasteiger partial charge in [0.2, 0.25) is 0 Å². The number of ether oxygens (including phenoxy) is 1. The van der Waals surface area contributed by atoms with Crippen LogP contribution in [0, 0.1) is 0 Å². The highest BCUT2D eigenvalue weighted by molar-refractivity contribution is 7.86. The third-order valence-corrected chi connectivity index (χ3v) is 2.45. The van der Waals surface area contributed by atoms with Gasteiger partial charge in [-0.2, -0.15) is 17.2 Å². The number of halogens is 2. The number of H-pyrrole nitrogens is 1. The van der Waals surface area contributed by atoms with Crippen LogP contribution in [0.4, 0.5) is 8.78 Å². The zero-order chi connectivity index (χ0) is 12.4. The van der Waals surface area contributed by atoms with E-state index in [-0.39, 0.29) is 5.56 Å². The average molecular weight is 255 g/mol. The van der Waals surface area contributed by atoms with Crippen molar-refractivity contribution in [3.05, 3.63) is 24.0 Å². The zero-order valence-corrected chi connectivity index (χ0v) is 8.50. The topological polar surface area (TPSA) is 96.5 Å². The van der Waals surface area contributed by atoms with E-state index in [1.807, 2.05) is 0 Å². The maximum atomic E-state index is 12.6. The first kappa shape index (κ1) is 12.6. The molecule has 1 aromatic heterocycles. The van der Waals surface area contributed by atoms with Gasteiger partial charge in [0.05, 0.1) is 5.56 Å². The number of carbonyl (C=O) groups excluding carboxylic acids is 1. The van der Waals surface area contributed by atoms with Crippen molar-refractivity contribution >= 4 is 16.1 Å². The molecule has 2 N–H and O–H groups in total. The second kappa shape index (κ2) is 4.18. The first-order chi connectivity index (χ1) is 7.24. The van der Waals surface area contributed by atoms with Gasteiger partial charge in [-0.15, -0.1) is 0 Å². The molecule has 0 saturated heterocycles. The molecule has 6 nitrogen and oxygen atoms in total. The summed E-state index contributed by atoms with van der Waals surface area (Å²) in [6, 6.07) is 1.26. The van der Waals surface area contributed by atoms with Gasteiger partial charge in [0, 0.05) is 12.4 Å². The van der Waals surface area contributed by atoms with E-state index >= 15 is 0 Å². The first-order valence-electron chi connectivity index (χ1n) is 3.89. The van der Waals surface area contributed by atoms with Crippen LogP contribution in [0.25, 0.3) is 0 Å². The number of hydrogen-bond donors (Lipinski definition) is 2. The summed E-state index contributed by atoms with van der Waals surface area (Å²) < 4.78 is 57.7. The molecule has 90 valence electrons.